The Kier molecular flexibility index (Phi) is 6.20. The van der Waals surface area contributed by atoms with Crippen molar-refractivity contribution in [1.29, 1.82) is 0 Å². The highest BCUT2D eigenvalue weighted by molar-refractivity contribution is 8.00. The van der Waals surface area contributed by atoms with E-state index in [0.717, 1.165) is 11.3 Å². The third-order valence-electron chi connectivity index (χ3n) is 4.19. The Bertz CT molecular complexity index is 974. The molecule has 0 aliphatic rings. The van der Waals surface area contributed by atoms with Crippen LogP contribution in [0.4, 0.5) is 5.69 Å². The highest BCUT2D eigenvalue weighted by Crippen LogP contribution is 2.31. The number of thioether (sulfide) groups is 1. The zero-order chi connectivity index (χ0) is 20.1. The molecule has 1 heterocycles. The number of nitrogens with zero attached hydrogens (tertiary/aromatic N) is 3. The van der Waals surface area contributed by atoms with Crippen molar-refractivity contribution in [3.8, 4) is 17.2 Å². The predicted octanol–water partition coefficient (Wildman–Crippen LogP) is 3.71. The number of carbonyl (C=O) groups excluding carboxylic acids is 1. The zero-order valence-corrected chi connectivity index (χ0v) is 17.0. The Hall–Kier alpha value is -3.00. The van der Waals surface area contributed by atoms with Gasteiger partial charge in [0, 0.05) is 11.8 Å². The molecule has 1 unspecified atom stereocenters. The number of rotatable bonds is 7. The average Bonchev–Trinajstić information content (AvgIpc) is 3.15. The van der Waals surface area contributed by atoms with Gasteiger partial charge in [-0.2, -0.15) is 0 Å². The summed E-state index contributed by atoms with van der Waals surface area (Å²) in [5.74, 6) is 1.02. The van der Waals surface area contributed by atoms with Crippen LogP contribution in [0.2, 0.25) is 0 Å². The molecule has 146 valence electrons. The lowest BCUT2D eigenvalue weighted by Gasteiger charge is -2.14. The van der Waals surface area contributed by atoms with Crippen LogP contribution in [0.25, 0.3) is 5.69 Å². The van der Waals surface area contributed by atoms with Crippen molar-refractivity contribution >= 4 is 23.4 Å². The average molecular weight is 398 g/mol. The number of nitrogens with one attached hydrogen (secondary N) is 1. The lowest BCUT2D eigenvalue weighted by atomic mass is 10.2. The molecule has 0 fully saturated rings. The van der Waals surface area contributed by atoms with Crippen LogP contribution in [0.3, 0.4) is 0 Å². The standard InChI is InChI=1S/C20H22N4O3S/c1-13-7-5-6-8-16(13)24-12-21-23-20(24)28-14(2)19(25)22-15-9-10-17(26-3)18(11-15)27-4/h5-12,14H,1-4H3,(H,22,25). The normalized spacial score (nSPS) is 11.7. The quantitative estimate of drug-likeness (QED) is 0.611. The summed E-state index contributed by atoms with van der Waals surface area (Å²) in [5, 5.41) is 11.4. The molecular weight excluding hydrogens is 376 g/mol. The molecule has 1 N–H and O–H groups in total. The van der Waals surface area contributed by atoms with Gasteiger partial charge in [0.15, 0.2) is 16.7 Å². The number of aryl methyl sites for hydroxylation is 1. The van der Waals surface area contributed by atoms with Gasteiger partial charge >= 0.3 is 0 Å². The van der Waals surface area contributed by atoms with Crippen LogP contribution in [-0.4, -0.2) is 40.1 Å². The second-order valence-electron chi connectivity index (χ2n) is 6.09. The van der Waals surface area contributed by atoms with Gasteiger partial charge in [-0.3, -0.25) is 9.36 Å². The number of hydrogen-bond donors (Lipinski definition) is 1. The summed E-state index contributed by atoms with van der Waals surface area (Å²) in [6, 6.07) is 13.2. The number of para-hydroxylation sites is 1. The Labute approximate surface area is 168 Å². The fraction of sp³-hybridized carbons (Fsp3) is 0.250. The van der Waals surface area contributed by atoms with Crippen LogP contribution >= 0.6 is 11.8 Å². The molecular formula is C20H22N4O3S. The number of ether oxygens (including phenoxy) is 2. The van der Waals surface area contributed by atoms with Crippen LogP contribution in [0, 0.1) is 6.92 Å². The maximum absolute atomic E-state index is 12.6. The van der Waals surface area contributed by atoms with Crippen LogP contribution in [0.5, 0.6) is 11.5 Å². The largest absolute Gasteiger partial charge is 0.493 e. The number of carbonyl (C=O) groups is 1. The van der Waals surface area contributed by atoms with Crippen molar-refractivity contribution in [2.75, 3.05) is 19.5 Å². The molecule has 2 aromatic carbocycles. The third-order valence-corrected chi connectivity index (χ3v) is 5.25. The summed E-state index contributed by atoms with van der Waals surface area (Å²) in [6.45, 7) is 3.86. The molecule has 1 atom stereocenters. The van der Waals surface area contributed by atoms with Crippen molar-refractivity contribution in [3.63, 3.8) is 0 Å². The summed E-state index contributed by atoms with van der Waals surface area (Å²) < 4.78 is 12.4. The predicted molar refractivity (Wildman–Crippen MR) is 110 cm³/mol. The lowest BCUT2D eigenvalue weighted by Crippen LogP contribution is -2.23. The number of anilines is 1. The second kappa shape index (κ2) is 8.79. The fourth-order valence-electron chi connectivity index (χ4n) is 2.67. The molecule has 3 rings (SSSR count). The molecule has 0 aliphatic heterocycles. The number of aromatic nitrogens is 3. The van der Waals surface area contributed by atoms with Crippen molar-refractivity contribution in [3.05, 3.63) is 54.4 Å². The van der Waals surface area contributed by atoms with Crippen LogP contribution < -0.4 is 14.8 Å². The van der Waals surface area contributed by atoms with Crippen molar-refractivity contribution < 1.29 is 14.3 Å². The van der Waals surface area contributed by atoms with Gasteiger partial charge in [-0.15, -0.1) is 10.2 Å². The first-order chi connectivity index (χ1) is 13.5. The molecule has 0 aliphatic carbocycles. The SMILES string of the molecule is COc1ccc(NC(=O)C(C)Sc2nncn2-c2ccccc2C)cc1OC. The van der Waals surface area contributed by atoms with E-state index in [2.05, 4.69) is 15.5 Å². The summed E-state index contributed by atoms with van der Waals surface area (Å²) in [7, 11) is 3.12. The summed E-state index contributed by atoms with van der Waals surface area (Å²) >= 11 is 1.35. The number of amides is 1. The topological polar surface area (TPSA) is 78.3 Å². The van der Waals surface area contributed by atoms with Crippen LogP contribution in [-0.2, 0) is 4.79 Å². The monoisotopic (exact) mass is 398 g/mol. The molecule has 3 aromatic rings. The summed E-state index contributed by atoms with van der Waals surface area (Å²) in [4.78, 5) is 12.6. The van der Waals surface area contributed by atoms with E-state index < -0.39 is 0 Å². The van der Waals surface area contributed by atoms with Gasteiger partial charge in [-0.1, -0.05) is 30.0 Å². The van der Waals surface area contributed by atoms with Crippen LogP contribution in [0.1, 0.15) is 12.5 Å². The van der Waals surface area contributed by atoms with E-state index in [1.54, 1.807) is 38.7 Å². The molecule has 0 saturated heterocycles. The van der Waals surface area contributed by atoms with Gasteiger partial charge in [-0.25, -0.2) is 0 Å². The smallest absolute Gasteiger partial charge is 0.237 e. The first-order valence-corrected chi connectivity index (χ1v) is 9.57. The van der Waals surface area contributed by atoms with Crippen molar-refractivity contribution in [1.82, 2.24) is 14.8 Å². The molecule has 0 bridgehead atoms. The summed E-state index contributed by atoms with van der Waals surface area (Å²) in [5.41, 5.74) is 2.73. The van der Waals surface area contributed by atoms with E-state index in [4.69, 9.17) is 9.47 Å². The highest BCUT2D eigenvalue weighted by atomic mass is 32.2. The van der Waals surface area contributed by atoms with E-state index in [-0.39, 0.29) is 11.2 Å². The van der Waals surface area contributed by atoms with Gasteiger partial charge in [-0.05, 0) is 37.6 Å². The molecule has 28 heavy (non-hydrogen) atoms. The van der Waals surface area contributed by atoms with Gasteiger partial charge in [0.25, 0.3) is 0 Å². The molecule has 0 radical (unpaired) electrons. The molecule has 1 aromatic heterocycles. The van der Waals surface area contributed by atoms with Crippen molar-refractivity contribution in [2.45, 2.75) is 24.3 Å². The van der Waals surface area contributed by atoms with Crippen molar-refractivity contribution in [2.24, 2.45) is 0 Å². The van der Waals surface area contributed by atoms with E-state index >= 15 is 0 Å². The maximum atomic E-state index is 12.6. The minimum Gasteiger partial charge on any atom is -0.493 e. The van der Waals surface area contributed by atoms with E-state index in [0.29, 0.717) is 22.3 Å². The molecule has 8 heteroatoms. The number of hydrogen-bond acceptors (Lipinski definition) is 6. The minimum atomic E-state index is -0.375. The fourth-order valence-corrected chi connectivity index (χ4v) is 3.51. The molecule has 0 spiro atoms. The maximum Gasteiger partial charge on any atom is 0.237 e. The Balaban J connectivity index is 1.72. The minimum absolute atomic E-state index is 0.142. The number of benzene rings is 2. The Morgan fingerprint density at radius 3 is 2.61 bits per heavy atom. The molecule has 1 amide bonds. The zero-order valence-electron chi connectivity index (χ0n) is 16.2. The number of methoxy groups -OCH3 is 2. The summed E-state index contributed by atoms with van der Waals surface area (Å²) in [6.07, 6.45) is 1.66. The second-order valence-corrected chi connectivity index (χ2v) is 7.40. The van der Waals surface area contributed by atoms with Gasteiger partial charge in [0.1, 0.15) is 6.33 Å². The van der Waals surface area contributed by atoms with E-state index in [9.17, 15) is 4.79 Å². The Morgan fingerprint density at radius 1 is 1.14 bits per heavy atom. The van der Waals surface area contributed by atoms with Gasteiger partial charge in [0.2, 0.25) is 5.91 Å². The van der Waals surface area contributed by atoms with Crippen LogP contribution in [0.15, 0.2) is 53.9 Å². The van der Waals surface area contributed by atoms with E-state index in [1.165, 1.54) is 11.8 Å². The van der Waals surface area contributed by atoms with Gasteiger partial charge in [0.05, 0.1) is 25.2 Å². The lowest BCUT2D eigenvalue weighted by molar-refractivity contribution is -0.115. The first kappa shape index (κ1) is 19.8. The van der Waals surface area contributed by atoms with E-state index in [1.807, 2.05) is 42.7 Å². The molecule has 7 nitrogen and oxygen atoms in total. The molecule has 0 saturated carbocycles. The third kappa shape index (κ3) is 4.28. The van der Waals surface area contributed by atoms with Gasteiger partial charge < -0.3 is 14.8 Å². The first-order valence-electron chi connectivity index (χ1n) is 8.69. The Morgan fingerprint density at radius 2 is 1.89 bits per heavy atom. The highest BCUT2D eigenvalue weighted by Gasteiger charge is 2.19.